The number of ether oxygens (including phenoxy) is 1. The molecular formula is C19H15F3N4O2. The number of hydrogen-bond donors (Lipinski definition) is 3. The number of nitrogens with zero attached hydrogens (tertiary/aromatic N) is 1. The van der Waals surface area contributed by atoms with Crippen molar-refractivity contribution in [1.29, 1.82) is 0 Å². The number of rotatable bonds is 2. The fourth-order valence-electron chi connectivity index (χ4n) is 2.39. The number of hydrogen-bond acceptors (Lipinski definition) is 5. The monoisotopic (exact) mass is 388 g/mol. The van der Waals surface area contributed by atoms with Gasteiger partial charge in [0.05, 0.1) is 12.1 Å². The Bertz CT molecular complexity index is 1010. The molecule has 1 amide bonds. The lowest BCUT2D eigenvalue weighted by molar-refractivity contribution is -0.115. The molecule has 1 aliphatic heterocycles. The van der Waals surface area contributed by atoms with Crippen molar-refractivity contribution in [1.82, 2.24) is 4.98 Å². The van der Waals surface area contributed by atoms with E-state index >= 15 is 0 Å². The van der Waals surface area contributed by atoms with Crippen molar-refractivity contribution in [3.63, 3.8) is 0 Å². The molecule has 2 aromatic carbocycles. The number of halogens is 3. The maximum atomic E-state index is 13.7. The molecule has 0 unspecified atom stereocenters. The summed E-state index contributed by atoms with van der Waals surface area (Å²) in [5.41, 5.74) is 11.3. The first-order valence-corrected chi connectivity index (χ1v) is 8.05. The van der Waals surface area contributed by atoms with Gasteiger partial charge in [-0.15, -0.1) is 0 Å². The fourth-order valence-corrected chi connectivity index (χ4v) is 2.39. The molecule has 0 fully saturated rings. The minimum Gasteiger partial charge on any atom is -0.454 e. The maximum absolute atomic E-state index is 13.7. The van der Waals surface area contributed by atoms with Gasteiger partial charge in [-0.1, -0.05) is 0 Å². The zero-order valence-electron chi connectivity index (χ0n) is 14.4. The molecular weight excluding hydrogens is 373 g/mol. The molecule has 5 N–H and O–H groups in total. The van der Waals surface area contributed by atoms with E-state index in [9.17, 15) is 18.0 Å². The quantitative estimate of drug-likeness (QED) is 0.582. The van der Waals surface area contributed by atoms with Crippen LogP contribution < -0.4 is 21.5 Å². The summed E-state index contributed by atoms with van der Waals surface area (Å²) in [5.74, 6) is -2.51. The van der Waals surface area contributed by atoms with Crippen molar-refractivity contribution in [2.45, 2.75) is 6.42 Å². The molecule has 6 nitrogen and oxygen atoms in total. The van der Waals surface area contributed by atoms with Crippen LogP contribution in [-0.4, -0.2) is 10.9 Å². The normalized spacial score (nSPS) is 11.9. The summed E-state index contributed by atoms with van der Waals surface area (Å²) in [5, 5.41) is 2.54. The number of anilines is 3. The second-order valence-electron chi connectivity index (χ2n) is 5.80. The van der Waals surface area contributed by atoms with Crippen molar-refractivity contribution in [3.05, 3.63) is 71.7 Å². The number of pyridine rings is 1. The Morgan fingerprint density at radius 2 is 1.64 bits per heavy atom. The first kappa shape index (κ1) is 19.0. The van der Waals surface area contributed by atoms with Gasteiger partial charge in [0.15, 0.2) is 11.6 Å². The summed E-state index contributed by atoms with van der Waals surface area (Å²) in [4.78, 5) is 15.3. The summed E-state index contributed by atoms with van der Waals surface area (Å²) >= 11 is 0. The standard InChI is InChI=1S/C13H9F2N3O2.C6H6FN/c14-11-7(16)1-2-9(12(11)15)20-8-3-4-17-13-6(8)5-10(19)18-13;7-5-1-3-6(8)4-2-5/h1-4H,5,16H2,(H,17,18,19);1-4H,8H2. The van der Waals surface area contributed by atoms with E-state index in [4.69, 9.17) is 16.2 Å². The van der Waals surface area contributed by atoms with Crippen LogP contribution in [0.3, 0.4) is 0 Å². The van der Waals surface area contributed by atoms with Crippen molar-refractivity contribution < 1.29 is 22.7 Å². The van der Waals surface area contributed by atoms with Crippen molar-refractivity contribution >= 4 is 23.1 Å². The van der Waals surface area contributed by atoms with Crippen LogP contribution in [0.25, 0.3) is 0 Å². The van der Waals surface area contributed by atoms with Gasteiger partial charge in [0.1, 0.15) is 17.4 Å². The third kappa shape index (κ3) is 4.14. The Morgan fingerprint density at radius 3 is 2.32 bits per heavy atom. The van der Waals surface area contributed by atoms with Gasteiger partial charge in [0.25, 0.3) is 0 Å². The molecule has 4 rings (SSSR count). The van der Waals surface area contributed by atoms with Crippen LogP contribution in [0.5, 0.6) is 11.5 Å². The van der Waals surface area contributed by atoms with Gasteiger partial charge < -0.3 is 21.5 Å². The average Bonchev–Trinajstić information content (AvgIpc) is 3.06. The molecule has 2 heterocycles. The van der Waals surface area contributed by atoms with E-state index in [1.165, 1.54) is 48.7 Å². The number of nitrogens with one attached hydrogen (secondary N) is 1. The Labute approximate surface area is 157 Å². The number of fused-ring (bicyclic) bond motifs is 1. The third-order valence-electron chi connectivity index (χ3n) is 3.77. The van der Waals surface area contributed by atoms with E-state index in [2.05, 4.69) is 10.3 Å². The molecule has 0 radical (unpaired) electrons. The molecule has 144 valence electrons. The van der Waals surface area contributed by atoms with Crippen LogP contribution in [0.4, 0.5) is 30.4 Å². The van der Waals surface area contributed by atoms with E-state index < -0.39 is 11.6 Å². The van der Waals surface area contributed by atoms with Crippen LogP contribution in [0.2, 0.25) is 0 Å². The van der Waals surface area contributed by atoms with Crippen LogP contribution in [0, 0.1) is 17.5 Å². The highest BCUT2D eigenvalue weighted by atomic mass is 19.2. The van der Waals surface area contributed by atoms with E-state index in [-0.39, 0.29) is 35.3 Å². The van der Waals surface area contributed by atoms with E-state index in [1.807, 2.05) is 0 Å². The fraction of sp³-hybridized carbons (Fsp3) is 0.0526. The topological polar surface area (TPSA) is 103 Å². The number of nitrogens with two attached hydrogens (primary N) is 2. The zero-order valence-corrected chi connectivity index (χ0v) is 14.4. The van der Waals surface area contributed by atoms with E-state index in [0.29, 0.717) is 17.1 Å². The van der Waals surface area contributed by atoms with E-state index in [1.54, 1.807) is 0 Å². The highest BCUT2D eigenvalue weighted by Gasteiger charge is 2.24. The number of aromatic nitrogens is 1. The number of amides is 1. The van der Waals surface area contributed by atoms with Gasteiger partial charge in [-0.05, 0) is 42.5 Å². The Hall–Kier alpha value is -3.75. The SMILES string of the molecule is Nc1ccc(F)cc1.Nc1ccc(Oc2ccnc3c2CC(=O)N3)c(F)c1F. The van der Waals surface area contributed by atoms with Gasteiger partial charge in [-0.2, -0.15) is 4.39 Å². The van der Waals surface area contributed by atoms with Gasteiger partial charge in [-0.3, -0.25) is 4.79 Å². The van der Waals surface area contributed by atoms with E-state index in [0.717, 1.165) is 0 Å². The molecule has 0 atom stereocenters. The molecule has 9 heteroatoms. The minimum atomic E-state index is -1.17. The smallest absolute Gasteiger partial charge is 0.230 e. The predicted octanol–water partition coefficient (Wildman–Crippen LogP) is 3.64. The predicted molar refractivity (Wildman–Crippen MR) is 98.2 cm³/mol. The first-order chi connectivity index (χ1) is 13.3. The second-order valence-corrected chi connectivity index (χ2v) is 5.80. The average molecular weight is 388 g/mol. The Balaban J connectivity index is 0.000000236. The maximum Gasteiger partial charge on any atom is 0.230 e. The summed E-state index contributed by atoms with van der Waals surface area (Å²) < 4.78 is 44.4. The van der Waals surface area contributed by atoms with Gasteiger partial charge in [0.2, 0.25) is 11.7 Å². The summed E-state index contributed by atoms with van der Waals surface area (Å²) in [7, 11) is 0. The highest BCUT2D eigenvalue weighted by Crippen LogP contribution is 2.34. The van der Waals surface area contributed by atoms with Crippen molar-refractivity contribution in [2.24, 2.45) is 0 Å². The van der Waals surface area contributed by atoms with Crippen LogP contribution in [0.15, 0.2) is 48.7 Å². The Kier molecular flexibility index (Phi) is 5.35. The number of carbonyl (C=O) groups is 1. The largest absolute Gasteiger partial charge is 0.454 e. The summed E-state index contributed by atoms with van der Waals surface area (Å²) in [6, 6.07) is 9.62. The van der Waals surface area contributed by atoms with Crippen LogP contribution in [-0.2, 0) is 11.2 Å². The van der Waals surface area contributed by atoms with Gasteiger partial charge >= 0.3 is 0 Å². The molecule has 1 aliphatic rings. The lowest BCUT2D eigenvalue weighted by Gasteiger charge is -2.10. The summed E-state index contributed by atoms with van der Waals surface area (Å²) in [6.45, 7) is 0. The molecule has 1 aromatic heterocycles. The Morgan fingerprint density at radius 1 is 0.929 bits per heavy atom. The molecule has 3 aromatic rings. The van der Waals surface area contributed by atoms with Gasteiger partial charge in [0, 0.05) is 17.4 Å². The van der Waals surface area contributed by atoms with Gasteiger partial charge in [-0.25, -0.2) is 13.8 Å². The number of nitrogen functional groups attached to an aromatic ring is 2. The summed E-state index contributed by atoms with van der Waals surface area (Å²) in [6.07, 6.45) is 1.49. The van der Waals surface area contributed by atoms with Crippen LogP contribution >= 0.6 is 0 Å². The molecule has 0 aliphatic carbocycles. The van der Waals surface area contributed by atoms with Crippen LogP contribution in [0.1, 0.15) is 5.56 Å². The third-order valence-corrected chi connectivity index (χ3v) is 3.77. The first-order valence-electron chi connectivity index (χ1n) is 8.05. The highest BCUT2D eigenvalue weighted by molar-refractivity contribution is 5.98. The molecule has 28 heavy (non-hydrogen) atoms. The van der Waals surface area contributed by atoms with Crippen molar-refractivity contribution in [3.8, 4) is 11.5 Å². The van der Waals surface area contributed by atoms with Crippen molar-refractivity contribution in [2.75, 3.05) is 16.8 Å². The number of benzene rings is 2. The second kappa shape index (κ2) is 7.87. The molecule has 0 spiro atoms. The lowest BCUT2D eigenvalue weighted by atomic mass is 10.2. The molecule has 0 bridgehead atoms. The minimum absolute atomic E-state index is 0.0809. The zero-order chi connectivity index (χ0) is 20.3. The molecule has 0 saturated heterocycles. The lowest BCUT2D eigenvalue weighted by Crippen LogP contribution is -2.04. The molecule has 0 saturated carbocycles. The number of carbonyl (C=O) groups excluding carboxylic acids is 1.